The Balaban J connectivity index is 1.54. The number of nitrogens with one attached hydrogen (secondary N) is 1. The van der Waals surface area contributed by atoms with Gasteiger partial charge in [0.1, 0.15) is 12.1 Å². The van der Waals surface area contributed by atoms with Crippen LogP contribution in [0.4, 0.5) is 0 Å². The molecule has 0 atom stereocenters. The Kier molecular flexibility index (Phi) is 7.62. The number of rotatable bonds is 9. The highest BCUT2D eigenvalue weighted by Gasteiger charge is 2.07. The first-order valence-corrected chi connectivity index (χ1v) is 10.7. The van der Waals surface area contributed by atoms with Crippen LogP contribution in [0.3, 0.4) is 0 Å². The maximum absolute atomic E-state index is 12.4. The second kappa shape index (κ2) is 10.6. The number of hydrazone groups is 1. The number of hydrogen-bond acceptors (Lipinski definition) is 6. The van der Waals surface area contributed by atoms with Gasteiger partial charge in [-0.3, -0.25) is 4.79 Å². The fourth-order valence-electron chi connectivity index (χ4n) is 2.58. The van der Waals surface area contributed by atoms with Gasteiger partial charge in [-0.2, -0.15) is 5.10 Å². The molecule has 7 nitrogen and oxygen atoms in total. The standard InChI is InChI=1S/C22H25N5O2S/c1-4-13-29-20-11-9-18(10-12-20)16(2)24-25-21(28)19-7-5-17(6-8-19)14-30-22-26-23-15-27(22)3/h5-12,15H,4,13-14H2,1-3H3,(H,25,28)/b24-16-. The van der Waals surface area contributed by atoms with Crippen molar-refractivity contribution in [1.82, 2.24) is 20.2 Å². The van der Waals surface area contributed by atoms with Crippen molar-refractivity contribution in [3.63, 3.8) is 0 Å². The third-order valence-corrected chi connectivity index (χ3v) is 5.43. The van der Waals surface area contributed by atoms with E-state index in [2.05, 4.69) is 27.6 Å². The van der Waals surface area contributed by atoms with Crippen molar-refractivity contribution < 1.29 is 9.53 Å². The summed E-state index contributed by atoms with van der Waals surface area (Å²) in [6, 6.07) is 15.1. The number of hydrogen-bond donors (Lipinski definition) is 1. The molecule has 1 aromatic heterocycles. The number of aromatic nitrogens is 3. The molecular formula is C22H25N5O2S. The van der Waals surface area contributed by atoms with E-state index in [9.17, 15) is 4.79 Å². The SMILES string of the molecule is CCCOc1ccc(/C(C)=N\NC(=O)c2ccc(CSc3nncn3C)cc2)cc1. The van der Waals surface area contributed by atoms with E-state index in [-0.39, 0.29) is 5.91 Å². The van der Waals surface area contributed by atoms with Crippen molar-refractivity contribution in [2.45, 2.75) is 31.2 Å². The van der Waals surface area contributed by atoms with Crippen LogP contribution in [0, 0.1) is 0 Å². The molecule has 0 fully saturated rings. The smallest absolute Gasteiger partial charge is 0.271 e. The molecule has 1 amide bonds. The summed E-state index contributed by atoms with van der Waals surface area (Å²) in [5.41, 5.74) is 5.93. The highest BCUT2D eigenvalue weighted by molar-refractivity contribution is 7.98. The van der Waals surface area contributed by atoms with Gasteiger partial charge in [0.2, 0.25) is 0 Å². The molecule has 30 heavy (non-hydrogen) atoms. The van der Waals surface area contributed by atoms with Crippen LogP contribution in [0.15, 0.2) is 65.1 Å². The third kappa shape index (κ3) is 5.93. The van der Waals surface area contributed by atoms with Crippen molar-refractivity contribution >= 4 is 23.4 Å². The van der Waals surface area contributed by atoms with Crippen LogP contribution in [0.2, 0.25) is 0 Å². The molecule has 0 aliphatic carbocycles. The van der Waals surface area contributed by atoms with Crippen LogP contribution in [-0.2, 0) is 12.8 Å². The van der Waals surface area contributed by atoms with Gasteiger partial charge in [-0.25, -0.2) is 5.43 Å². The first kappa shape index (κ1) is 21.6. The Morgan fingerprint density at radius 2 is 1.83 bits per heavy atom. The van der Waals surface area contributed by atoms with E-state index < -0.39 is 0 Å². The Morgan fingerprint density at radius 3 is 2.47 bits per heavy atom. The number of amides is 1. The second-order valence-corrected chi connectivity index (χ2v) is 7.66. The van der Waals surface area contributed by atoms with Crippen LogP contribution in [0.1, 0.15) is 41.8 Å². The Bertz CT molecular complexity index is 997. The van der Waals surface area contributed by atoms with Gasteiger partial charge in [-0.1, -0.05) is 30.8 Å². The number of thioether (sulfide) groups is 1. The first-order chi connectivity index (χ1) is 14.6. The number of ether oxygens (including phenoxy) is 1. The fourth-order valence-corrected chi connectivity index (χ4v) is 3.42. The molecule has 156 valence electrons. The van der Waals surface area contributed by atoms with Gasteiger partial charge in [0.05, 0.1) is 12.3 Å². The van der Waals surface area contributed by atoms with Crippen molar-refractivity contribution in [3.8, 4) is 5.75 Å². The Labute approximate surface area is 180 Å². The zero-order chi connectivity index (χ0) is 21.3. The average molecular weight is 424 g/mol. The number of carbonyl (C=O) groups is 1. The molecule has 0 spiro atoms. The van der Waals surface area contributed by atoms with Crippen LogP contribution in [0.25, 0.3) is 0 Å². The lowest BCUT2D eigenvalue weighted by Crippen LogP contribution is -2.19. The molecule has 2 aromatic carbocycles. The molecular weight excluding hydrogens is 398 g/mol. The fraction of sp³-hybridized carbons (Fsp3) is 0.273. The molecule has 0 saturated heterocycles. The highest BCUT2D eigenvalue weighted by Crippen LogP contribution is 2.20. The van der Waals surface area contributed by atoms with Crippen molar-refractivity contribution in [3.05, 3.63) is 71.5 Å². The lowest BCUT2D eigenvalue weighted by molar-refractivity contribution is 0.0955. The van der Waals surface area contributed by atoms with E-state index in [0.717, 1.165) is 39.9 Å². The summed E-state index contributed by atoms with van der Waals surface area (Å²) in [6.07, 6.45) is 2.64. The summed E-state index contributed by atoms with van der Waals surface area (Å²) in [4.78, 5) is 12.4. The molecule has 0 aliphatic heterocycles. The van der Waals surface area contributed by atoms with Crippen molar-refractivity contribution in [1.29, 1.82) is 0 Å². The quantitative estimate of drug-likeness (QED) is 0.319. The maximum Gasteiger partial charge on any atom is 0.271 e. The number of carbonyl (C=O) groups excluding carboxylic acids is 1. The molecule has 3 rings (SSSR count). The molecule has 8 heteroatoms. The lowest BCUT2D eigenvalue weighted by atomic mass is 10.1. The van der Waals surface area contributed by atoms with Crippen LogP contribution in [-0.4, -0.2) is 33.0 Å². The van der Waals surface area contributed by atoms with E-state index in [1.165, 1.54) is 0 Å². The molecule has 1 heterocycles. The van der Waals surface area contributed by atoms with Gasteiger partial charge in [-0.05, 0) is 60.9 Å². The highest BCUT2D eigenvalue weighted by atomic mass is 32.2. The molecule has 0 bridgehead atoms. The minimum Gasteiger partial charge on any atom is -0.494 e. The van der Waals surface area contributed by atoms with E-state index in [0.29, 0.717) is 12.2 Å². The topological polar surface area (TPSA) is 81.4 Å². The predicted octanol–water partition coefficient (Wildman–Crippen LogP) is 4.05. The molecule has 0 aliphatic rings. The summed E-state index contributed by atoms with van der Waals surface area (Å²) in [5.74, 6) is 1.34. The van der Waals surface area contributed by atoms with Gasteiger partial charge in [0.25, 0.3) is 5.91 Å². The first-order valence-electron chi connectivity index (χ1n) is 9.70. The Morgan fingerprint density at radius 1 is 1.13 bits per heavy atom. The van der Waals surface area contributed by atoms with Crippen molar-refractivity contribution in [2.75, 3.05) is 6.61 Å². The summed E-state index contributed by atoms with van der Waals surface area (Å²) in [6.45, 7) is 4.62. The minimum absolute atomic E-state index is 0.246. The summed E-state index contributed by atoms with van der Waals surface area (Å²) in [5, 5.41) is 13.0. The number of nitrogens with zero attached hydrogens (tertiary/aromatic N) is 4. The number of aryl methyl sites for hydroxylation is 1. The van der Waals surface area contributed by atoms with Crippen LogP contribution < -0.4 is 10.2 Å². The maximum atomic E-state index is 12.4. The lowest BCUT2D eigenvalue weighted by Gasteiger charge is -2.07. The van der Waals surface area contributed by atoms with Gasteiger partial charge in [-0.15, -0.1) is 10.2 Å². The van der Waals surface area contributed by atoms with E-state index >= 15 is 0 Å². The zero-order valence-corrected chi connectivity index (χ0v) is 18.1. The monoisotopic (exact) mass is 423 g/mol. The average Bonchev–Trinajstić information content (AvgIpc) is 3.19. The number of benzene rings is 2. The van der Waals surface area contributed by atoms with Gasteiger partial charge < -0.3 is 9.30 Å². The summed E-state index contributed by atoms with van der Waals surface area (Å²) >= 11 is 1.60. The molecule has 1 N–H and O–H groups in total. The normalized spacial score (nSPS) is 11.4. The second-order valence-electron chi connectivity index (χ2n) is 6.72. The van der Waals surface area contributed by atoms with Gasteiger partial charge in [0.15, 0.2) is 5.16 Å². The zero-order valence-electron chi connectivity index (χ0n) is 17.3. The van der Waals surface area contributed by atoms with Crippen molar-refractivity contribution in [2.24, 2.45) is 12.1 Å². The molecule has 0 radical (unpaired) electrons. The Hall–Kier alpha value is -3.13. The van der Waals surface area contributed by atoms with Crippen LogP contribution in [0.5, 0.6) is 5.75 Å². The van der Waals surface area contributed by atoms with Crippen LogP contribution >= 0.6 is 11.8 Å². The predicted molar refractivity (Wildman–Crippen MR) is 119 cm³/mol. The van der Waals surface area contributed by atoms with Gasteiger partial charge >= 0.3 is 0 Å². The minimum atomic E-state index is -0.246. The summed E-state index contributed by atoms with van der Waals surface area (Å²) < 4.78 is 7.45. The van der Waals surface area contributed by atoms with Gasteiger partial charge in [0, 0.05) is 18.4 Å². The van der Waals surface area contributed by atoms with E-state index in [1.807, 2.05) is 54.9 Å². The third-order valence-electron chi connectivity index (χ3n) is 4.32. The largest absolute Gasteiger partial charge is 0.494 e. The summed E-state index contributed by atoms with van der Waals surface area (Å²) in [7, 11) is 1.91. The molecule has 0 saturated carbocycles. The molecule has 3 aromatic rings. The van der Waals surface area contributed by atoms with E-state index in [4.69, 9.17) is 4.74 Å². The molecule has 0 unspecified atom stereocenters. The van der Waals surface area contributed by atoms with E-state index in [1.54, 1.807) is 30.2 Å².